The third-order valence-corrected chi connectivity index (χ3v) is 12.3. The molecule has 3 N–H and O–H groups in total. The average molecular weight is 742 g/mol. The zero-order chi connectivity index (χ0) is 38.4. The van der Waals surface area contributed by atoms with Crippen LogP contribution in [0.1, 0.15) is 96.7 Å². The fourth-order valence-corrected chi connectivity index (χ4v) is 9.20. The van der Waals surface area contributed by atoms with Gasteiger partial charge in [0.15, 0.2) is 5.76 Å². The molecule has 4 aromatic carbocycles. The predicted molar refractivity (Wildman–Crippen MR) is 217 cm³/mol. The minimum absolute atomic E-state index is 0.124. The number of carbonyl (C=O) groups excluding carboxylic acids is 1. The number of furan rings is 1. The molecule has 0 saturated heterocycles. The van der Waals surface area contributed by atoms with Gasteiger partial charge in [0, 0.05) is 30.6 Å². The molecule has 288 valence electrons. The maximum Gasteiger partial charge on any atom is 0.228 e. The van der Waals surface area contributed by atoms with Gasteiger partial charge in [-0.25, -0.2) is 0 Å². The van der Waals surface area contributed by atoms with Crippen molar-refractivity contribution in [3.8, 4) is 0 Å². The first-order chi connectivity index (χ1) is 26.6. The minimum Gasteiger partial charge on any atom is -0.461 e. The van der Waals surface area contributed by atoms with Gasteiger partial charge in [0.2, 0.25) is 5.78 Å². The van der Waals surface area contributed by atoms with Crippen LogP contribution in [0.25, 0.3) is 10.8 Å². The first-order valence-corrected chi connectivity index (χ1v) is 19.9. The first-order valence-electron chi connectivity index (χ1n) is 19.9. The van der Waals surface area contributed by atoms with Crippen molar-refractivity contribution >= 4 is 16.6 Å². The van der Waals surface area contributed by atoms with Gasteiger partial charge < -0.3 is 24.5 Å². The van der Waals surface area contributed by atoms with Crippen LogP contribution in [0.15, 0.2) is 125 Å². The zero-order valence-electron chi connectivity index (χ0n) is 32.2. The Balaban J connectivity index is 1.23. The maximum absolute atomic E-state index is 14.1. The summed E-state index contributed by atoms with van der Waals surface area (Å²) in [6, 6.07) is 34.1. The molecule has 1 heterocycles. The van der Waals surface area contributed by atoms with Crippen LogP contribution >= 0.6 is 0 Å². The van der Waals surface area contributed by atoms with E-state index in [-0.39, 0.29) is 24.1 Å². The van der Waals surface area contributed by atoms with Crippen LogP contribution in [0.4, 0.5) is 0 Å². The molecule has 5 unspecified atom stereocenters. The van der Waals surface area contributed by atoms with Gasteiger partial charge in [-0.3, -0.25) is 9.69 Å². The number of ether oxygens (including phenoxy) is 1. The van der Waals surface area contributed by atoms with Crippen molar-refractivity contribution in [2.24, 2.45) is 5.41 Å². The van der Waals surface area contributed by atoms with Crippen LogP contribution in [0.3, 0.4) is 0 Å². The molecule has 7 heteroatoms. The van der Waals surface area contributed by atoms with Gasteiger partial charge >= 0.3 is 0 Å². The number of hydrogen-bond donors (Lipinski definition) is 3. The fourth-order valence-electron chi connectivity index (χ4n) is 9.20. The molecule has 1 saturated carbocycles. The van der Waals surface area contributed by atoms with Crippen molar-refractivity contribution in [1.82, 2.24) is 4.90 Å². The summed E-state index contributed by atoms with van der Waals surface area (Å²) in [4.78, 5) is 16.3. The number of fused-ring (bicyclic) bond motifs is 9. The molecular weight excluding hydrogens is 687 g/mol. The fraction of sp³-hybridized carbons (Fsp3) is 0.396. The number of allylic oxidation sites excluding steroid dienone is 2. The van der Waals surface area contributed by atoms with Gasteiger partial charge in [-0.1, -0.05) is 104 Å². The second kappa shape index (κ2) is 17.2. The lowest BCUT2D eigenvalue weighted by Crippen LogP contribution is -2.53. The summed E-state index contributed by atoms with van der Waals surface area (Å²) in [6.07, 6.45) is 7.06. The van der Waals surface area contributed by atoms with Crippen LogP contribution < -0.4 is 0 Å². The maximum atomic E-state index is 14.1. The number of carbonyl (C=O) groups is 1. The lowest BCUT2D eigenvalue weighted by molar-refractivity contribution is -0.0922. The first kappa shape index (κ1) is 38.9. The van der Waals surface area contributed by atoms with Crippen LogP contribution in [0, 0.1) is 5.41 Å². The summed E-state index contributed by atoms with van der Waals surface area (Å²) in [5.74, 6) is -0.0351. The Labute approximate surface area is 325 Å². The minimum atomic E-state index is -1.15. The quantitative estimate of drug-likeness (QED) is 0.0868. The number of benzene rings is 4. The Morgan fingerprint density at radius 3 is 2.58 bits per heavy atom. The predicted octanol–water partition coefficient (Wildman–Crippen LogP) is 8.78. The van der Waals surface area contributed by atoms with Crippen molar-refractivity contribution in [2.75, 3.05) is 19.7 Å². The molecule has 8 rings (SSSR count). The summed E-state index contributed by atoms with van der Waals surface area (Å²) in [5.41, 5.74) is 4.03. The highest BCUT2D eigenvalue weighted by atomic mass is 16.5. The van der Waals surface area contributed by atoms with E-state index in [4.69, 9.17) is 9.15 Å². The normalized spacial score (nSPS) is 23.7. The molecule has 0 aliphatic heterocycles. The molecule has 5 atom stereocenters. The number of aliphatic hydroxyl groups excluding tert-OH is 2. The van der Waals surface area contributed by atoms with Crippen LogP contribution in [-0.2, 0) is 24.3 Å². The van der Waals surface area contributed by atoms with Crippen molar-refractivity contribution in [1.29, 1.82) is 0 Å². The molecule has 1 fully saturated rings. The SMILES string of the molecule is CC1=CCCC2(C)C(CCC2(O)CN(Cc2cccc3ccccc23)CC(O)COCc2ccccc2)c2ccc(cc2C(=O)c2ccco2)CC(O)CC1. The van der Waals surface area contributed by atoms with Crippen molar-refractivity contribution in [3.63, 3.8) is 0 Å². The van der Waals surface area contributed by atoms with E-state index in [0.29, 0.717) is 63.9 Å². The molecule has 0 radical (unpaired) electrons. The Morgan fingerprint density at radius 2 is 1.76 bits per heavy atom. The Hall–Kier alpha value is -4.37. The highest BCUT2D eigenvalue weighted by molar-refractivity contribution is 6.08. The standard InChI is InChI=1S/C48H55NO6/c1-34-11-9-24-47(2)44(42-22-20-36(27-39(50)21-19-34)28-43(42)46(52)45-18-10-26-55-45)23-25-48(47,53)33-49(29-38-16-8-15-37-14-6-7-17-41(37)38)30-40(51)32-54-31-35-12-4-3-5-13-35/h3-8,10-18,20,22,26,28,39-40,44,50-51,53H,9,19,21,23-25,27,29-33H2,1-2H3. The smallest absolute Gasteiger partial charge is 0.228 e. The van der Waals surface area contributed by atoms with E-state index >= 15 is 0 Å². The topological polar surface area (TPSA) is 103 Å². The van der Waals surface area contributed by atoms with Gasteiger partial charge in [0.05, 0.1) is 37.3 Å². The van der Waals surface area contributed by atoms with E-state index in [0.717, 1.165) is 45.9 Å². The van der Waals surface area contributed by atoms with Crippen molar-refractivity contribution in [3.05, 3.63) is 155 Å². The van der Waals surface area contributed by atoms with Crippen LogP contribution in [0.2, 0.25) is 0 Å². The summed E-state index contributed by atoms with van der Waals surface area (Å²) in [5, 5.41) is 37.9. The number of hydrogen-bond acceptors (Lipinski definition) is 7. The number of rotatable bonds is 12. The molecular formula is C48H55NO6. The van der Waals surface area contributed by atoms with Gasteiger partial charge in [-0.05, 0) is 109 Å². The highest BCUT2D eigenvalue weighted by Crippen LogP contribution is 2.59. The van der Waals surface area contributed by atoms with E-state index in [1.807, 2.05) is 48.5 Å². The Kier molecular flexibility index (Phi) is 12.2. The van der Waals surface area contributed by atoms with Crippen molar-refractivity contribution in [2.45, 2.75) is 95.7 Å². The average Bonchev–Trinajstić information content (AvgIpc) is 3.81. The van der Waals surface area contributed by atoms with E-state index in [1.54, 1.807) is 12.1 Å². The van der Waals surface area contributed by atoms with E-state index in [2.05, 4.69) is 67.3 Å². The Morgan fingerprint density at radius 1 is 0.964 bits per heavy atom. The van der Waals surface area contributed by atoms with Gasteiger partial charge in [0.25, 0.3) is 0 Å². The number of aliphatic hydroxyl groups is 3. The molecule has 5 aromatic rings. The van der Waals surface area contributed by atoms with Gasteiger partial charge in [-0.15, -0.1) is 0 Å². The van der Waals surface area contributed by atoms with Crippen LogP contribution in [-0.4, -0.2) is 63.5 Å². The number of ketones is 1. The summed E-state index contributed by atoms with van der Waals surface area (Å²) < 4.78 is 11.6. The van der Waals surface area contributed by atoms with Gasteiger partial charge in [0.1, 0.15) is 0 Å². The zero-order valence-corrected chi connectivity index (χ0v) is 32.2. The molecule has 0 spiro atoms. The third-order valence-electron chi connectivity index (χ3n) is 12.3. The van der Waals surface area contributed by atoms with Crippen molar-refractivity contribution < 1.29 is 29.3 Å². The highest BCUT2D eigenvalue weighted by Gasteiger charge is 2.57. The van der Waals surface area contributed by atoms with E-state index in [9.17, 15) is 20.1 Å². The molecule has 3 aliphatic carbocycles. The second-order valence-electron chi connectivity index (χ2n) is 16.2. The lowest BCUT2D eigenvalue weighted by Gasteiger charge is -2.46. The molecule has 0 amide bonds. The molecule has 1 aromatic heterocycles. The summed E-state index contributed by atoms with van der Waals surface area (Å²) >= 11 is 0. The summed E-state index contributed by atoms with van der Waals surface area (Å²) in [6.45, 7) is 6.11. The third kappa shape index (κ3) is 8.88. The van der Waals surface area contributed by atoms with E-state index in [1.165, 1.54) is 11.8 Å². The molecule has 7 nitrogen and oxygen atoms in total. The Bertz CT molecular complexity index is 2070. The molecule has 55 heavy (non-hydrogen) atoms. The van der Waals surface area contributed by atoms with Crippen LogP contribution in [0.5, 0.6) is 0 Å². The lowest BCUT2D eigenvalue weighted by atomic mass is 9.64. The van der Waals surface area contributed by atoms with Gasteiger partial charge in [-0.2, -0.15) is 0 Å². The monoisotopic (exact) mass is 741 g/mol. The largest absolute Gasteiger partial charge is 0.461 e. The molecule has 3 aliphatic rings. The van der Waals surface area contributed by atoms with E-state index < -0.39 is 23.2 Å². The second-order valence-corrected chi connectivity index (χ2v) is 16.2. The number of nitrogens with zero attached hydrogens (tertiary/aromatic N) is 1. The molecule has 2 bridgehead atoms. The summed E-state index contributed by atoms with van der Waals surface area (Å²) in [7, 11) is 0.